The molecular weight excluding hydrogens is 497 g/mol. The predicted molar refractivity (Wildman–Crippen MR) is 149 cm³/mol. The van der Waals surface area contributed by atoms with E-state index in [2.05, 4.69) is 22.1 Å². The minimum Gasteiger partial charge on any atom is -0.456 e. The van der Waals surface area contributed by atoms with Crippen LogP contribution in [-0.4, -0.2) is 50.2 Å². The number of ether oxygens (including phenoxy) is 2. The van der Waals surface area contributed by atoms with Gasteiger partial charge in [-0.15, -0.1) is 0 Å². The van der Waals surface area contributed by atoms with Crippen molar-refractivity contribution in [2.45, 2.75) is 13.3 Å². The standard InChI is InChI=1S/C31H30FN3O4/c1-19-22-14-26(32)20(2)30(18-33-17-25(19)31(36)34-8-5-9-35-10-12-37-13-11-35)39-29-15-23-21-6-3-4-7-27(21)38-28(23)16-24(22)29/h3-4,6-7,14-18,33H,1,5,8-13H2,2H3,(H,34,36)/b22-14-,25-17+,26-20+,30-18-. The van der Waals surface area contributed by atoms with Gasteiger partial charge in [0.15, 0.2) is 0 Å². The summed E-state index contributed by atoms with van der Waals surface area (Å²) in [6.07, 6.45) is 5.37. The number of benzene rings is 2. The maximum absolute atomic E-state index is 15.4. The fourth-order valence-electron chi connectivity index (χ4n) is 5.12. The lowest BCUT2D eigenvalue weighted by Gasteiger charge is -2.26. The molecule has 39 heavy (non-hydrogen) atoms. The molecule has 0 unspecified atom stereocenters. The minimum atomic E-state index is -0.471. The van der Waals surface area contributed by atoms with Crippen molar-refractivity contribution in [2.24, 2.45) is 0 Å². The lowest BCUT2D eigenvalue weighted by molar-refractivity contribution is -0.117. The zero-order valence-electron chi connectivity index (χ0n) is 21.8. The second kappa shape index (κ2) is 10.6. The van der Waals surface area contributed by atoms with Crippen LogP contribution >= 0.6 is 0 Å². The largest absolute Gasteiger partial charge is 0.456 e. The summed E-state index contributed by atoms with van der Waals surface area (Å²) in [5.41, 5.74) is 3.44. The molecule has 200 valence electrons. The Kier molecular flexibility index (Phi) is 6.81. The van der Waals surface area contributed by atoms with Gasteiger partial charge in [0.2, 0.25) is 0 Å². The molecule has 8 heteroatoms. The first-order valence-corrected chi connectivity index (χ1v) is 13.2. The first-order chi connectivity index (χ1) is 19.0. The number of hydrogen-bond donors (Lipinski definition) is 2. The van der Waals surface area contributed by atoms with Crippen LogP contribution in [0.1, 0.15) is 18.9 Å². The molecule has 2 aromatic carbocycles. The van der Waals surface area contributed by atoms with E-state index in [0.717, 1.165) is 55.6 Å². The average Bonchev–Trinajstić information content (AvgIpc) is 3.31. The Bertz CT molecular complexity index is 1600. The van der Waals surface area contributed by atoms with Gasteiger partial charge in [0.1, 0.15) is 28.5 Å². The van der Waals surface area contributed by atoms with Crippen LogP contribution in [0.5, 0.6) is 5.75 Å². The van der Waals surface area contributed by atoms with Crippen molar-refractivity contribution >= 4 is 33.4 Å². The molecule has 3 aromatic rings. The highest BCUT2D eigenvalue weighted by atomic mass is 19.1. The summed E-state index contributed by atoms with van der Waals surface area (Å²) in [7, 11) is 0. The van der Waals surface area contributed by atoms with E-state index in [1.807, 2.05) is 36.4 Å². The van der Waals surface area contributed by atoms with Gasteiger partial charge in [-0.05, 0) is 55.3 Å². The van der Waals surface area contributed by atoms with E-state index in [0.29, 0.717) is 51.5 Å². The highest BCUT2D eigenvalue weighted by Crippen LogP contribution is 2.43. The smallest absolute Gasteiger partial charge is 0.253 e. The van der Waals surface area contributed by atoms with E-state index in [4.69, 9.17) is 13.9 Å². The fraction of sp³-hybridized carbons (Fsp3) is 0.258. The summed E-state index contributed by atoms with van der Waals surface area (Å²) in [6, 6.07) is 11.5. The van der Waals surface area contributed by atoms with E-state index in [1.165, 1.54) is 6.08 Å². The van der Waals surface area contributed by atoms with Gasteiger partial charge in [-0.2, -0.15) is 0 Å². The van der Waals surface area contributed by atoms with Gasteiger partial charge in [0.05, 0.1) is 18.8 Å². The highest BCUT2D eigenvalue weighted by molar-refractivity contribution is 6.09. The Morgan fingerprint density at radius 2 is 1.95 bits per heavy atom. The molecule has 0 saturated carbocycles. The maximum atomic E-state index is 15.4. The van der Waals surface area contributed by atoms with Crippen molar-refractivity contribution in [2.75, 3.05) is 39.4 Å². The summed E-state index contributed by atoms with van der Waals surface area (Å²) in [6.45, 7) is 10.6. The molecule has 7 rings (SSSR count). The van der Waals surface area contributed by atoms with E-state index in [-0.39, 0.29) is 5.91 Å². The fourth-order valence-corrected chi connectivity index (χ4v) is 5.12. The zero-order chi connectivity index (χ0) is 26.9. The molecule has 4 aliphatic heterocycles. The first kappa shape index (κ1) is 25.2. The highest BCUT2D eigenvalue weighted by Gasteiger charge is 2.26. The van der Waals surface area contributed by atoms with Crippen LogP contribution in [0, 0.1) is 0 Å². The summed E-state index contributed by atoms with van der Waals surface area (Å²) >= 11 is 0. The van der Waals surface area contributed by atoms with Crippen molar-refractivity contribution in [3.05, 3.63) is 95.3 Å². The summed E-state index contributed by atoms with van der Waals surface area (Å²) < 4.78 is 33.2. The van der Waals surface area contributed by atoms with Gasteiger partial charge in [-0.1, -0.05) is 24.8 Å². The average molecular weight is 528 g/mol. The number of halogens is 1. The van der Waals surface area contributed by atoms with Crippen molar-refractivity contribution in [1.29, 1.82) is 0 Å². The van der Waals surface area contributed by atoms with Gasteiger partial charge in [0.25, 0.3) is 5.91 Å². The molecule has 1 amide bonds. The molecule has 1 fully saturated rings. The monoisotopic (exact) mass is 527 g/mol. The number of furan rings is 1. The second-order valence-corrected chi connectivity index (χ2v) is 9.85. The van der Waals surface area contributed by atoms with E-state index in [9.17, 15) is 4.79 Å². The summed E-state index contributed by atoms with van der Waals surface area (Å²) in [5.74, 6) is 0.0744. The SMILES string of the molecule is C=C1/C2=C/C(F)=C(C)\C(=C\N/C=C\1C(=O)NCCCN1CCOCC1)Oc1cc3c(cc12)oc1ccccc13. The second-order valence-electron chi connectivity index (χ2n) is 9.85. The van der Waals surface area contributed by atoms with Crippen molar-refractivity contribution < 1.29 is 23.1 Å². The minimum absolute atomic E-state index is 0.287. The molecule has 0 atom stereocenters. The number of morpholine rings is 1. The van der Waals surface area contributed by atoms with Gasteiger partial charge in [0, 0.05) is 53.9 Å². The molecule has 0 aliphatic carbocycles. The molecule has 1 saturated heterocycles. The number of carbonyl (C=O) groups is 1. The molecule has 1 aromatic heterocycles. The van der Waals surface area contributed by atoms with Crippen LogP contribution in [0.4, 0.5) is 4.39 Å². The Hall–Kier alpha value is -4.14. The summed E-state index contributed by atoms with van der Waals surface area (Å²) in [5, 5.41) is 7.86. The third-order valence-electron chi connectivity index (χ3n) is 7.37. The van der Waals surface area contributed by atoms with Crippen molar-refractivity contribution in [1.82, 2.24) is 15.5 Å². The normalized spacial score (nSPS) is 23.9. The van der Waals surface area contributed by atoms with Gasteiger partial charge in [-0.3, -0.25) is 9.69 Å². The van der Waals surface area contributed by atoms with Gasteiger partial charge >= 0.3 is 0 Å². The Morgan fingerprint density at radius 1 is 1.13 bits per heavy atom. The summed E-state index contributed by atoms with van der Waals surface area (Å²) in [4.78, 5) is 15.7. The third-order valence-corrected chi connectivity index (χ3v) is 7.37. The van der Waals surface area contributed by atoms with Crippen molar-refractivity contribution in [3.63, 3.8) is 0 Å². The Balaban J connectivity index is 1.34. The van der Waals surface area contributed by atoms with Crippen LogP contribution < -0.4 is 15.4 Å². The van der Waals surface area contributed by atoms with Crippen LogP contribution in [-0.2, 0) is 9.53 Å². The third kappa shape index (κ3) is 4.89. The Labute approximate surface area is 225 Å². The van der Waals surface area contributed by atoms with Crippen LogP contribution in [0.2, 0.25) is 0 Å². The topological polar surface area (TPSA) is 76.0 Å². The molecular formula is C31H30FN3O4. The number of nitrogens with zero attached hydrogens (tertiary/aromatic N) is 1. The molecule has 7 nitrogen and oxygen atoms in total. The van der Waals surface area contributed by atoms with E-state index < -0.39 is 5.83 Å². The van der Waals surface area contributed by atoms with E-state index >= 15 is 4.39 Å². The zero-order valence-corrected chi connectivity index (χ0v) is 21.8. The number of nitrogens with one attached hydrogen (secondary N) is 2. The van der Waals surface area contributed by atoms with E-state index in [1.54, 1.807) is 19.3 Å². The maximum Gasteiger partial charge on any atom is 0.253 e. The molecule has 4 aliphatic rings. The molecule has 5 heterocycles. The predicted octanol–water partition coefficient (Wildman–Crippen LogP) is 5.33. The number of rotatable bonds is 5. The quantitative estimate of drug-likeness (QED) is 0.437. The number of para-hydroxylation sites is 1. The number of hydrogen-bond acceptors (Lipinski definition) is 6. The molecule has 0 radical (unpaired) electrons. The lowest BCUT2D eigenvalue weighted by Crippen LogP contribution is -2.38. The molecule has 2 bridgehead atoms. The number of carbonyl (C=O) groups excluding carboxylic acids is 1. The van der Waals surface area contributed by atoms with Crippen LogP contribution in [0.15, 0.2) is 94.2 Å². The van der Waals surface area contributed by atoms with Crippen LogP contribution in [0.3, 0.4) is 0 Å². The lowest BCUT2D eigenvalue weighted by atomic mass is 9.90. The number of allylic oxidation sites excluding steroid dienone is 4. The van der Waals surface area contributed by atoms with Gasteiger partial charge < -0.3 is 24.5 Å². The van der Waals surface area contributed by atoms with Gasteiger partial charge in [-0.25, -0.2) is 4.39 Å². The molecule has 0 spiro atoms. The number of fused-ring (bicyclic) bond motifs is 7. The number of amides is 1. The first-order valence-electron chi connectivity index (χ1n) is 13.2. The van der Waals surface area contributed by atoms with Crippen molar-refractivity contribution in [3.8, 4) is 5.75 Å². The molecule has 2 N–H and O–H groups in total. The Morgan fingerprint density at radius 3 is 2.79 bits per heavy atom. The van der Waals surface area contributed by atoms with Crippen LogP contribution in [0.25, 0.3) is 27.5 Å².